The number of pyridine rings is 2. The van der Waals surface area contributed by atoms with Crippen LogP contribution in [-0.4, -0.2) is 64.2 Å². The molecule has 1 N–H and O–H groups in total. The van der Waals surface area contributed by atoms with Crippen LogP contribution < -0.4 is 4.90 Å². The SMILES string of the molecule is O=C(O)C(Cc1ccccc1)N(Cc1ccc(N2CCOCC2)nc1)C(=O)C=Cc1ccc(C(F)(F)F)nc1. The Hall–Kier alpha value is -4.25. The van der Waals surface area contributed by atoms with Gasteiger partial charge in [0.15, 0.2) is 0 Å². The van der Waals surface area contributed by atoms with Gasteiger partial charge in [-0.3, -0.25) is 9.78 Å². The molecule has 0 bridgehead atoms. The van der Waals surface area contributed by atoms with Gasteiger partial charge in [-0.15, -0.1) is 0 Å². The van der Waals surface area contributed by atoms with Gasteiger partial charge in [0, 0.05) is 44.5 Å². The zero-order valence-corrected chi connectivity index (χ0v) is 20.9. The van der Waals surface area contributed by atoms with Crippen LogP contribution in [0.3, 0.4) is 0 Å². The van der Waals surface area contributed by atoms with Crippen molar-refractivity contribution in [2.24, 2.45) is 0 Å². The van der Waals surface area contributed by atoms with E-state index in [4.69, 9.17) is 4.74 Å². The van der Waals surface area contributed by atoms with Crippen molar-refractivity contribution in [1.29, 1.82) is 0 Å². The number of benzene rings is 1. The number of aliphatic carboxylic acids is 1. The number of alkyl halides is 3. The third-order valence-corrected chi connectivity index (χ3v) is 6.21. The number of nitrogens with zero attached hydrogens (tertiary/aromatic N) is 4. The first-order chi connectivity index (χ1) is 18.7. The van der Waals surface area contributed by atoms with Crippen molar-refractivity contribution in [3.63, 3.8) is 0 Å². The topological polar surface area (TPSA) is 95.9 Å². The smallest absolute Gasteiger partial charge is 0.433 e. The van der Waals surface area contributed by atoms with Crippen LogP contribution in [0.4, 0.5) is 19.0 Å². The van der Waals surface area contributed by atoms with E-state index in [1.807, 2.05) is 12.1 Å². The lowest BCUT2D eigenvalue weighted by atomic mass is 10.0. The van der Waals surface area contributed by atoms with Crippen LogP contribution in [0.15, 0.2) is 73.1 Å². The highest BCUT2D eigenvalue weighted by Crippen LogP contribution is 2.27. The van der Waals surface area contributed by atoms with Crippen molar-refractivity contribution >= 4 is 23.8 Å². The second-order valence-corrected chi connectivity index (χ2v) is 8.94. The lowest BCUT2D eigenvalue weighted by Gasteiger charge is -2.29. The molecule has 11 heteroatoms. The Morgan fingerprint density at radius 3 is 2.33 bits per heavy atom. The first kappa shape index (κ1) is 27.8. The van der Waals surface area contributed by atoms with Crippen molar-refractivity contribution in [3.8, 4) is 0 Å². The summed E-state index contributed by atoms with van der Waals surface area (Å²) in [4.78, 5) is 36.8. The minimum absolute atomic E-state index is 0.0331. The Balaban J connectivity index is 1.57. The van der Waals surface area contributed by atoms with Crippen LogP contribution in [-0.2, 0) is 33.5 Å². The molecule has 1 saturated heterocycles. The van der Waals surface area contributed by atoms with E-state index in [-0.39, 0.29) is 18.5 Å². The van der Waals surface area contributed by atoms with Gasteiger partial charge in [-0.2, -0.15) is 13.2 Å². The molecule has 204 valence electrons. The van der Waals surface area contributed by atoms with Gasteiger partial charge in [-0.05, 0) is 34.9 Å². The highest BCUT2D eigenvalue weighted by molar-refractivity contribution is 5.94. The molecular formula is C28H27F3N4O4. The lowest BCUT2D eigenvalue weighted by molar-refractivity contribution is -0.148. The molecule has 1 amide bonds. The van der Waals surface area contributed by atoms with Gasteiger partial charge in [-0.25, -0.2) is 9.78 Å². The first-order valence-electron chi connectivity index (χ1n) is 12.3. The molecule has 0 saturated carbocycles. The predicted molar refractivity (Wildman–Crippen MR) is 138 cm³/mol. The summed E-state index contributed by atoms with van der Waals surface area (Å²) in [5, 5.41) is 10.1. The molecule has 1 aliphatic rings. The molecule has 0 radical (unpaired) electrons. The van der Waals surface area contributed by atoms with Gasteiger partial charge in [-0.1, -0.05) is 42.5 Å². The number of rotatable bonds is 9. The highest BCUT2D eigenvalue weighted by Gasteiger charge is 2.32. The zero-order valence-electron chi connectivity index (χ0n) is 20.9. The Morgan fingerprint density at radius 1 is 1.00 bits per heavy atom. The minimum atomic E-state index is -4.58. The average Bonchev–Trinajstić information content (AvgIpc) is 2.94. The number of hydrogen-bond donors (Lipinski definition) is 1. The Labute approximate surface area is 223 Å². The lowest BCUT2D eigenvalue weighted by Crippen LogP contribution is -2.45. The van der Waals surface area contributed by atoms with Crippen molar-refractivity contribution < 1.29 is 32.6 Å². The van der Waals surface area contributed by atoms with Crippen LogP contribution in [0.2, 0.25) is 0 Å². The summed E-state index contributed by atoms with van der Waals surface area (Å²) in [6.07, 6.45) is 0.549. The predicted octanol–water partition coefficient (Wildman–Crippen LogP) is 4.07. The number of anilines is 1. The normalized spacial score (nSPS) is 14.8. The fourth-order valence-corrected chi connectivity index (χ4v) is 4.13. The largest absolute Gasteiger partial charge is 0.480 e. The van der Waals surface area contributed by atoms with E-state index in [1.165, 1.54) is 17.0 Å². The van der Waals surface area contributed by atoms with E-state index in [0.717, 1.165) is 29.7 Å². The van der Waals surface area contributed by atoms with Crippen LogP contribution in [0, 0.1) is 0 Å². The summed E-state index contributed by atoms with van der Waals surface area (Å²) in [6, 6.07) is 13.4. The first-order valence-corrected chi connectivity index (χ1v) is 12.3. The summed E-state index contributed by atoms with van der Waals surface area (Å²) in [6.45, 7) is 2.59. The summed E-state index contributed by atoms with van der Waals surface area (Å²) in [7, 11) is 0. The molecule has 39 heavy (non-hydrogen) atoms. The van der Waals surface area contributed by atoms with Crippen LogP contribution in [0.1, 0.15) is 22.4 Å². The van der Waals surface area contributed by atoms with Crippen molar-refractivity contribution in [3.05, 3.63) is 95.5 Å². The molecule has 0 aliphatic carbocycles. The van der Waals surface area contributed by atoms with Gasteiger partial charge in [0.1, 0.15) is 17.6 Å². The van der Waals surface area contributed by atoms with Crippen molar-refractivity contribution in [2.45, 2.75) is 25.2 Å². The number of carbonyl (C=O) groups is 2. The number of carboxylic acid groups (broad SMARTS) is 1. The number of ether oxygens (including phenoxy) is 1. The number of carboxylic acids is 1. The summed E-state index contributed by atoms with van der Waals surface area (Å²) < 4.78 is 43.8. The van der Waals surface area contributed by atoms with Crippen molar-refractivity contribution in [1.82, 2.24) is 14.9 Å². The molecule has 1 fully saturated rings. The van der Waals surface area contributed by atoms with Gasteiger partial charge < -0.3 is 19.6 Å². The maximum absolute atomic E-state index is 13.3. The van der Waals surface area contributed by atoms with E-state index in [0.29, 0.717) is 31.9 Å². The second kappa shape index (κ2) is 12.5. The van der Waals surface area contributed by atoms with E-state index in [1.54, 1.807) is 36.5 Å². The Bertz CT molecular complexity index is 1280. The fourth-order valence-electron chi connectivity index (χ4n) is 4.13. The molecule has 1 atom stereocenters. The van der Waals surface area contributed by atoms with E-state index >= 15 is 0 Å². The number of aromatic nitrogens is 2. The third-order valence-electron chi connectivity index (χ3n) is 6.21. The van der Waals surface area contributed by atoms with E-state index in [2.05, 4.69) is 14.9 Å². The number of carbonyl (C=O) groups excluding carboxylic acids is 1. The summed E-state index contributed by atoms with van der Waals surface area (Å²) >= 11 is 0. The number of morpholine rings is 1. The van der Waals surface area contributed by atoms with E-state index < -0.39 is 29.8 Å². The molecule has 1 aliphatic heterocycles. The maximum atomic E-state index is 13.3. The van der Waals surface area contributed by atoms with Gasteiger partial charge in [0.2, 0.25) is 5.91 Å². The monoisotopic (exact) mass is 540 g/mol. The maximum Gasteiger partial charge on any atom is 0.433 e. The highest BCUT2D eigenvalue weighted by atomic mass is 19.4. The molecule has 4 rings (SSSR count). The minimum Gasteiger partial charge on any atom is -0.480 e. The van der Waals surface area contributed by atoms with Gasteiger partial charge >= 0.3 is 12.1 Å². The number of hydrogen-bond acceptors (Lipinski definition) is 6. The van der Waals surface area contributed by atoms with E-state index in [9.17, 15) is 27.9 Å². The average molecular weight is 541 g/mol. The van der Waals surface area contributed by atoms with Crippen molar-refractivity contribution in [2.75, 3.05) is 31.2 Å². The van der Waals surface area contributed by atoms with Crippen LogP contribution in [0.5, 0.6) is 0 Å². The van der Waals surface area contributed by atoms with Crippen LogP contribution in [0.25, 0.3) is 6.08 Å². The molecular weight excluding hydrogens is 513 g/mol. The summed E-state index contributed by atoms with van der Waals surface area (Å²) in [5.41, 5.74) is 0.584. The van der Waals surface area contributed by atoms with Gasteiger partial charge in [0.05, 0.1) is 13.2 Å². The Kier molecular flexibility index (Phi) is 8.92. The zero-order chi connectivity index (χ0) is 27.8. The summed E-state index contributed by atoms with van der Waals surface area (Å²) in [5.74, 6) is -1.04. The standard InChI is InChI=1S/C28H27F3N4O4/c29-28(30,31)24-9-6-21(17-32-24)8-11-26(36)35(23(27(37)38)16-20-4-2-1-3-5-20)19-22-7-10-25(33-18-22)34-12-14-39-15-13-34/h1-11,17-18,23H,12-16,19H2,(H,37,38). The molecule has 1 unspecified atom stereocenters. The fraction of sp³-hybridized carbons (Fsp3) is 0.286. The second-order valence-electron chi connectivity index (χ2n) is 8.94. The third kappa shape index (κ3) is 7.64. The van der Waals surface area contributed by atoms with Gasteiger partial charge in [0.25, 0.3) is 0 Å². The molecule has 3 aromatic rings. The molecule has 1 aromatic carbocycles. The Morgan fingerprint density at radius 2 is 1.74 bits per heavy atom. The number of amides is 1. The molecule has 2 aromatic heterocycles. The molecule has 8 nitrogen and oxygen atoms in total. The quantitative estimate of drug-likeness (QED) is 0.409. The van der Waals surface area contributed by atoms with Crippen LogP contribution >= 0.6 is 0 Å². The number of halogens is 3. The molecule has 0 spiro atoms. The molecule has 3 heterocycles.